The molecule has 0 saturated heterocycles. The van der Waals surface area contributed by atoms with Crippen LogP contribution in [0.2, 0.25) is 0 Å². The molecule has 0 fully saturated rings. The number of hydrogen-bond donors (Lipinski definition) is 0. The topological polar surface area (TPSA) is 48.2 Å². The third-order valence-electron chi connectivity index (χ3n) is 3.56. The third-order valence-corrected chi connectivity index (χ3v) is 4.55. The zero-order valence-electron chi connectivity index (χ0n) is 13.4. The van der Waals surface area contributed by atoms with E-state index in [1.807, 2.05) is 37.3 Å². The van der Waals surface area contributed by atoms with Crippen LogP contribution in [0, 0.1) is 5.82 Å². The molecule has 0 bridgehead atoms. The molecule has 0 radical (unpaired) electrons. The number of aromatic nitrogens is 2. The summed E-state index contributed by atoms with van der Waals surface area (Å²) in [5, 5.41) is 8.64. The van der Waals surface area contributed by atoms with E-state index in [1.165, 1.54) is 23.9 Å². The maximum absolute atomic E-state index is 13.3. The van der Waals surface area contributed by atoms with E-state index in [1.54, 1.807) is 13.2 Å². The molecule has 3 aromatic rings. The molecule has 0 aliphatic heterocycles. The van der Waals surface area contributed by atoms with Gasteiger partial charge in [0.1, 0.15) is 11.6 Å². The molecule has 6 heteroatoms. The maximum Gasteiger partial charge on any atom is 0.277 e. The standard InChI is InChI=1S/C18H17FN2O2S/c1-12(14-4-3-5-15(19)11-14)24-18-21-20-17(23-18)10-13-6-8-16(22-2)9-7-13/h3-9,11-12H,10H2,1-2H3. The lowest BCUT2D eigenvalue weighted by Crippen LogP contribution is -1.89. The van der Waals surface area contributed by atoms with E-state index in [0.717, 1.165) is 16.9 Å². The Morgan fingerprint density at radius 2 is 1.96 bits per heavy atom. The number of ether oxygens (including phenoxy) is 1. The summed E-state index contributed by atoms with van der Waals surface area (Å²) in [6.07, 6.45) is 0.561. The summed E-state index contributed by atoms with van der Waals surface area (Å²) in [5.74, 6) is 1.12. The van der Waals surface area contributed by atoms with E-state index in [2.05, 4.69) is 10.2 Å². The lowest BCUT2D eigenvalue weighted by Gasteiger charge is -2.08. The SMILES string of the molecule is COc1ccc(Cc2nnc(SC(C)c3cccc(F)c3)o2)cc1. The molecule has 0 N–H and O–H groups in total. The van der Waals surface area contributed by atoms with Gasteiger partial charge in [0.05, 0.1) is 13.5 Å². The molecule has 4 nitrogen and oxygen atoms in total. The van der Waals surface area contributed by atoms with Crippen molar-refractivity contribution in [2.45, 2.75) is 23.8 Å². The van der Waals surface area contributed by atoms with Gasteiger partial charge in [-0.25, -0.2) is 4.39 Å². The average molecular weight is 344 g/mol. The van der Waals surface area contributed by atoms with Crippen LogP contribution in [0.15, 0.2) is 58.2 Å². The summed E-state index contributed by atoms with van der Waals surface area (Å²) >= 11 is 1.42. The first kappa shape index (κ1) is 16.5. The Hall–Kier alpha value is -2.34. The highest BCUT2D eigenvalue weighted by atomic mass is 32.2. The van der Waals surface area contributed by atoms with Gasteiger partial charge < -0.3 is 9.15 Å². The predicted octanol–water partition coefficient (Wildman–Crippen LogP) is 4.66. The molecule has 0 spiro atoms. The Kier molecular flexibility index (Phi) is 5.15. The second-order valence-corrected chi connectivity index (χ2v) is 6.59. The number of hydrogen-bond acceptors (Lipinski definition) is 5. The van der Waals surface area contributed by atoms with Crippen molar-refractivity contribution in [3.63, 3.8) is 0 Å². The monoisotopic (exact) mass is 344 g/mol. The number of benzene rings is 2. The molecule has 1 unspecified atom stereocenters. The maximum atomic E-state index is 13.3. The van der Waals surface area contributed by atoms with Gasteiger partial charge in [0.2, 0.25) is 5.89 Å². The summed E-state index contributed by atoms with van der Waals surface area (Å²) in [6, 6.07) is 14.3. The van der Waals surface area contributed by atoms with Crippen LogP contribution >= 0.6 is 11.8 Å². The second-order valence-electron chi connectivity index (χ2n) is 5.30. The fourth-order valence-electron chi connectivity index (χ4n) is 2.25. The number of halogens is 1. The molecule has 2 aromatic carbocycles. The smallest absolute Gasteiger partial charge is 0.277 e. The number of nitrogens with zero attached hydrogens (tertiary/aromatic N) is 2. The van der Waals surface area contributed by atoms with Gasteiger partial charge in [0.25, 0.3) is 5.22 Å². The quantitative estimate of drug-likeness (QED) is 0.609. The lowest BCUT2D eigenvalue weighted by atomic mass is 10.1. The van der Waals surface area contributed by atoms with Crippen LogP contribution in [0.25, 0.3) is 0 Å². The van der Waals surface area contributed by atoms with Crippen LogP contribution in [0.3, 0.4) is 0 Å². The Bertz CT molecular complexity index is 805. The Morgan fingerprint density at radius 1 is 1.17 bits per heavy atom. The summed E-state index contributed by atoms with van der Waals surface area (Å²) in [4.78, 5) is 0. The minimum Gasteiger partial charge on any atom is -0.497 e. The van der Waals surface area contributed by atoms with Crippen LogP contribution in [-0.2, 0) is 6.42 Å². The summed E-state index contributed by atoms with van der Waals surface area (Å²) in [5.41, 5.74) is 1.95. The summed E-state index contributed by atoms with van der Waals surface area (Å²) in [7, 11) is 1.64. The van der Waals surface area contributed by atoms with E-state index in [4.69, 9.17) is 9.15 Å². The van der Waals surface area contributed by atoms with Gasteiger partial charge in [0.15, 0.2) is 0 Å². The normalized spacial score (nSPS) is 12.1. The van der Waals surface area contributed by atoms with E-state index < -0.39 is 0 Å². The lowest BCUT2D eigenvalue weighted by molar-refractivity contribution is 0.413. The highest BCUT2D eigenvalue weighted by molar-refractivity contribution is 7.99. The van der Waals surface area contributed by atoms with Crippen molar-refractivity contribution in [3.05, 3.63) is 71.4 Å². The van der Waals surface area contributed by atoms with Crippen LogP contribution in [0.1, 0.15) is 29.2 Å². The first-order valence-corrected chi connectivity index (χ1v) is 8.39. The largest absolute Gasteiger partial charge is 0.497 e. The molecule has 1 atom stereocenters. The van der Waals surface area contributed by atoms with Crippen LogP contribution in [0.5, 0.6) is 5.75 Å². The Labute approximate surface area is 144 Å². The van der Waals surface area contributed by atoms with Gasteiger partial charge in [0, 0.05) is 5.25 Å². The van der Waals surface area contributed by atoms with Crippen molar-refractivity contribution in [2.24, 2.45) is 0 Å². The fourth-order valence-corrected chi connectivity index (χ4v) is 3.07. The average Bonchev–Trinajstić information content (AvgIpc) is 3.02. The highest BCUT2D eigenvalue weighted by Gasteiger charge is 2.14. The van der Waals surface area contributed by atoms with Gasteiger partial charge in [-0.1, -0.05) is 36.0 Å². The molecule has 0 amide bonds. The van der Waals surface area contributed by atoms with Gasteiger partial charge in [-0.2, -0.15) is 0 Å². The van der Waals surface area contributed by atoms with Gasteiger partial charge >= 0.3 is 0 Å². The molecule has 24 heavy (non-hydrogen) atoms. The molecule has 1 heterocycles. The number of rotatable bonds is 6. The molecule has 0 aliphatic rings. The zero-order chi connectivity index (χ0) is 16.9. The van der Waals surface area contributed by atoms with Crippen LogP contribution in [-0.4, -0.2) is 17.3 Å². The number of methoxy groups -OCH3 is 1. The van der Waals surface area contributed by atoms with Gasteiger partial charge in [-0.15, -0.1) is 10.2 Å². The second kappa shape index (κ2) is 7.49. The van der Waals surface area contributed by atoms with Gasteiger partial charge in [-0.05, 0) is 42.3 Å². The van der Waals surface area contributed by atoms with Gasteiger partial charge in [-0.3, -0.25) is 0 Å². The minimum atomic E-state index is -0.245. The summed E-state index contributed by atoms with van der Waals surface area (Å²) < 4.78 is 24.1. The van der Waals surface area contributed by atoms with Crippen molar-refractivity contribution in [2.75, 3.05) is 7.11 Å². The molecular formula is C18H17FN2O2S. The Balaban J connectivity index is 1.64. The van der Waals surface area contributed by atoms with E-state index in [0.29, 0.717) is 17.5 Å². The molecule has 0 saturated carbocycles. The number of thioether (sulfide) groups is 1. The zero-order valence-corrected chi connectivity index (χ0v) is 14.2. The van der Waals surface area contributed by atoms with E-state index >= 15 is 0 Å². The Morgan fingerprint density at radius 3 is 2.67 bits per heavy atom. The van der Waals surface area contributed by atoms with Crippen molar-refractivity contribution >= 4 is 11.8 Å². The van der Waals surface area contributed by atoms with Crippen molar-refractivity contribution < 1.29 is 13.5 Å². The predicted molar refractivity (Wildman–Crippen MR) is 90.8 cm³/mol. The third kappa shape index (κ3) is 4.14. The molecule has 124 valence electrons. The fraction of sp³-hybridized carbons (Fsp3) is 0.222. The molecule has 3 rings (SSSR count). The molecule has 1 aromatic heterocycles. The van der Waals surface area contributed by atoms with Crippen LogP contribution in [0.4, 0.5) is 4.39 Å². The minimum absolute atomic E-state index is 0.0231. The molecular weight excluding hydrogens is 327 g/mol. The van der Waals surface area contributed by atoms with E-state index in [9.17, 15) is 4.39 Å². The van der Waals surface area contributed by atoms with Crippen LogP contribution < -0.4 is 4.74 Å². The first-order chi connectivity index (χ1) is 11.6. The first-order valence-electron chi connectivity index (χ1n) is 7.51. The van der Waals surface area contributed by atoms with E-state index in [-0.39, 0.29) is 11.1 Å². The van der Waals surface area contributed by atoms with Crippen molar-refractivity contribution in [3.8, 4) is 5.75 Å². The highest BCUT2D eigenvalue weighted by Crippen LogP contribution is 2.34. The molecule has 0 aliphatic carbocycles. The summed E-state index contributed by atoms with van der Waals surface area (Å²) in [6.45, 7) is 1.98. The van der Waals surface area contributed by atoms with Crippen molar-refractivity contribution in [1.29, 1.82) is 0 Å². The van der Waals surface area contributed by atoms with Crippen molar-refractivity contribution in [1.82, 2.24) is 10.2 Å².